The monoisotopic (exact) mass is 364 g/mol. The molecule has 0 aliphatic carbocycles. The van der Waals surface area contributed by atoms with Crippen LogP contribution < -0.4 is 10.6 Å². The first-order valence-corrected chi connectivity index (χ1v) is 7.31. The molecule has 0 aromatic heterocycles. The Morgan fingerprint density at radius 2 is 1.82 bits per heavy atom. The van der Waals surface area contributed by atoms with E-state index < -0.39 is 5.82 Å². The Morgan fingerprint density at radius 3 is 2.45 bits per heavy atom. The van der Waals surface area contributed by atoms with Crippen LogP contribution in [0.1, 0.15) is 26.3 Å². The zero-order valence-electron chi connectivity index (χ0n) is 12.0. The van der Waals surface area contributed by atoms with Crippen LogP contribution >= 0.6 is 15.9 Å². The molecule has 2 aromatic carbocycles. The Bertz CT molecular complexity index is 747. The molecule has 2 rings (SSSR count). The fraction of sp³-hybridized carbons (Fsp3) is 0.125. The van der Waals surface area contributed by atoms with Gasteiger partial charge in [-0.25, -0.2) is 4.39 Å². The lowest BCUT2D eigenvalue weighted by molar-refractivity contribution is 0.0960. The molecule has 0 radical (unpaired) electrons. The van der Waals surface area contributed by atoms with Crippen molar-refractivity contribution in [2.75, 3.05) is 12.4 Å². The SMILES string of the molecule is CNC(=O)c1cccc(NC(=O)c2ccc(F)cc2Br)c1C. The largest absolute Gasteiger partial charge is 0.355 e. The van der Waals surface area contributed by atoms with Crippen LogP contribution in [0.4, 0.5) is 10.1 Å². The predicted octanol–water partition coefficient (Wildman–Crippen LogP) is 3.51. The summed E-state index contributed by atoms with van der Waals surface area (Å²) in [4.78, 5) is 24.0. The minimum absolute atomic E-state index is 0.225. The summed E-state index contributed by atoms with van der Waals surface area (Å²) in [6.07, 6.45) is 0. The van der Waals surface area contributed by atoms with Crippen LogP contribution in [0.2, 0.25) is 0 Å². The van der Waals surface area contributed by atoms with E-state index in [1.165, 1.54) is 18.2 Å². The van der Waals surface area contributed by atoms with E-state index in [4.69, 9.17) is 0 Å². The Balaban J connectivity index is 2.31. The molecule has 2 aromatic rings. The third kappa shape index (κ3) is 3.33. The number of hydrogen-bond acceptors (Lipinski definition) is 2. The topological polar surface area (TPSA) is 58.2 Å². The van der Waals surface area contributed by atoms with E-state index in [2.05, 4.69) is 26.6 Å². The van der Waals surface area contributed by atoms with Gasteiger partial charge in [0.25, 0.3) is 11.8 Å². The number of halogens is 2. The van der Waals surface area contributed by atoms with Crippen molar-refractivity contribution in [1.82, 2.24) is 5.32 Å². The molecule has 0 aliphatic rings. The first-order chi connectivity index (χ1) is 10.4. The van der Waals surface area contributed by atoms with E-state index >= 15 is 0 Å². The maximum absolute atomic E-state index is 13.1. The van der Waals surface area contributed by atoms with Gasteiger partial charge in [-0.3, -0.25) is 9.59 Å². The first kappa shape index (κ1) is 16.2. The smallest absolute Gasteiger partial charge is 0.256 e. The molecular formula is C16H14BrFN2O2. The van der Waals surface area contributed by atoms with Crippen LogP contribution in [0.25, 0.3) is 0 Å². The number of carbonyl (C=O) groups is 2. The number of carbonyl (C=O) groups excluding carboxylic acids is 2. The van der Waals surface area contributed by atoms with Crippen LogP contribution in [0.15, 0.2) is 40.9 Å². The molecule has 114 valence electrons. The second-order valence-corrected chi connectivity index (χ2v) is 5.49. The van der Waals surface area contributed by atoms with Gasteiger partial charge in [-0.2, -0.15) is 0 Å². The maximum Gasteiger partial charge on any atom is 0.256 e. The number of rotatable bonds is 3. The second-order valence-electron chi connectivity index (χ2n) is 4.64. The fourth-order valence-corrected chi connectivity index (χ4v) is 2.55. The normalized spacial score (nSPS) is 10.2. The maximum atomic E-state index is 13.1. The third-order valence-electron chi connectivity index (χ3n) is 3.23. The summed E-state index contributed by atoms with van der Waals surface area (Å²) in [6, 6.07) is 8.91. The lowest BCUT2D eigenvalue weighted by atomic mass is 10.1. The molecule has 0 saturated carbocycles. The molecule has 4 nitrogen and oxygen atoms in total. The van der Waals surface area contributed by atoms with Crippen molar-refractivity contribution in [3.05, 3.63) is 63.4 Å². The summed E-state index contributed by atoms with van der Waals surface area (Å²) in [5.41, 5.74) is 1.99. The van der Waals surface area contributed by atoms with E-state index in [1.807, 2.05) is 0 Å². The van der Waals surface area contributed by atoms with Crippen molar-refractivity contribution in [3.8, 4) is 0 Å². The van der Waals surface area contributed by atoms with E-state index in [9.17, 15) is 14.0 Å². The zero-order chi connectivity index (χ0) is 16.3. The second kappa shape index (κ2) is 6.70. The molecule has 6 heteroatoms. The molecule has 0 aliphatic heterocycles. The van der Waals surface area contributed by atoms with Crippen LogP contribution in [0.5, 0.6) is 0 Å². The van der Waals surface area contributed by atoms with Gasteiger partial charge in [-0.05, 0) is 58.7 Å². The molecule has 0 heterocycles. The average molecular weight is 365 g/mol. The molecule has 0 bridgehead atoms. The quantitative estimate of drug-likeness (QED) is 0.875. The van der Waals surface area contributed by atoms with Gasteiger partial charge in [-0.1, -0.05) is 6.07 Å². The Hall–Kier alpha value is -2.21. The highest BCUT2D eigenvalue weighted by Gasteiger charge is 2.15. The minimum atomic E-state index is -0.429. The van der Waals surface area contributed by atoms with Gasteiger partial charge < -0.3 is 10.6 Å². The summed E-state index contributed by atoms with van der Waals surface area (Å²) in [5.74, 6) is -1.04. The van der Waals surface area contributed by atoms with Crippen LogP contribution in [-0.2, 0) is 0 Å². The van der Waals surface area contributed by atoms with Crippen molar-refractivity contribution in [3.63, 3.8) is 0 Å². The van der Waals surface area contributed by atoms with E-state index in [-0.39, 0.29) is 11.8 Å². The number of benzene rings is 2. The standard InChI is InChI=1S/C16H14BrFN2O2/c1-9-11(15(21)19-2)4-3-5-14(9)20-16(22)12-7-6-10(18)8-13(12)17/h3-8H,1-2H3,(H,19,21)(H,20,22). The van der Waals surface area contributed by atoms with Gasteiger partial charge >= 0.3 is 0 Å². The van der Waals surface area contributed by atoms with Gasteiger partial charge in [0.15, 0.2) is 0 Å². The molecule has 0 spiro atoms. The molecule has 2 N–H and O–H groups in total. The average Bonchev–Trinajstić information content (AvgIpc) is 2.48. The molecular weight excluding hydrogens is 351 g/mol. The molecule has 0 saturated heterocycles. The summed E-state index contributed by atoms with van der Waals surface area (Å²) in [5, 5.41) is 5.28. The van der Waals surface area contributed by atoms with Crippen LogP contribution in [0, 0.1) is 12.7 Å². The Morgan fingerprint density at radius 1 is 1.09 bits per heavy atom. The highest BCUT2D eigenvalue weighted by atomic mass is 79.9. The van der Waals surface area contributed by atoms with Crippen molar-refractivity contribution in [2.24, 2.45) is 0 Å². The van der Waals surface area contributed by atoms with Crippen LogP contribution in [-0.4, -0.2) is 18.9 Å². The van der Waals surface area contributed by atoms with Gasteiger partial charge in [0.05, 0.1) is 5.56 Å². The first-order valence-electron chi connectivity index (χ1n) is 6.52. The molecule has 2 amide bonds. The van der Waals surface area contributed by atoms with Crippen molar-refractivity contribution in [1.29, 1.82) is 0 Å². The summed E-state index contributed by atoms with van der Waals surface area (Å²) >= 11 is 3.16. The number of anilines is 1. The minimum Gasteiger partial charge on any atom is -0.355 e. The van der Waals surface area contributed by atoms with Gasteiger partial charge in [0.2, 0.25) is 0 Å². The Labute approximate surface area is 135 Å². The molecule has 0 fully saturated rings. The van der Waals surface area contributed by atoms with Crippen molar-refractivity contribution < 1.29 is 14.0 Å². The van der Waals surface area contributed by atoms with E-state index in [0.29, 0.717) is 26.9 Å². The summed E-state index contributed by atoms with van der Waals surface area (Å²) < 4.78 is 13.4. The summed E-state index contributed by atoms with van der Waals surface area (Å²) in [6.45, 7) is 1.75. The predicted molar refractivity (Wildman–Crippen MR) is 86.6 cm³/mol. The van der Waals surface area contributed by atoms with Crippen molar-refractivity contribution >= 4 is 33.4 Å². The van der Waals surface area contributed by atoms with Crippen LogP contribution in [0.3, 0.4) is 0 Å². The van der Waals surface area contributed by atoms with Crippen molar-refractivity contribution in [2.45, 2.75) is 6.92 Å². The Kier molecular flexibility index (Phi) is 4.92. The summed E-state index contributed by atoms with van der Waals surface area (Å²) in [7, 11) is 1.54. The molecule has 0 unspecified atom stereocenters. The highest BCUT2D eigenvalue weighted by Crippen LogP contribution is 2.22. The third-order valence-corrected chi connectivity index (χ3v) is 3.89. The highest BCUT2D eigenvalue weighted by molar-refractivity contribution is 9.10. The fourth-order valence-electron chi connectivity index (χ4n) is 2.01. The molecule has 22 heavy (non-hydrogen) atoms. The lowest BCUT2D eigenvalue weighted by Crippen LogP contribution is -2.20. The number of nitrogens with one attached hydrogen (secondary N) is 2. The van der Waals surface area contributed by atoms with E-state index in [0.717, 1.165) is 0 Å². The van der Waals surface area contributed by atoms with Gasteiger partial charge in [-0.15, -0.1) is 0 Å². The number of amides is 2. The zero-order valence-corrected chi connectivity index (χ0v) is 13.6. The lowest BCUT2D eigenvalue weighted by Gasteiger charge is -2.12. The molecule has 0 atom stereocenters. The van der Waals surface area contributed by atoms with E-state index in [1.54, 1.807) is 32.2 Å². The number of hydrogen-bond donors (Lipinski definition) is 2. The van der Waals surface area contributed by atoms with Gasteiger partial charge in [0, 0.05) is 22.8 Å². The van der Waals surface area contributed by atoms with Gasteiger partial charge in [0.1, 0.15) is 5.82 Å².